The third-order valence-corrected chi connectivity index (χ3v) is 4.83. The zero-order valence-corrected chi connectivity index (χ0v) is 13.3. The smallest absolute Gasteiger partial charge is 0.223 e. The predicted octanol–water partition coefficient (Wildman–Crippen LogP) is 4.02. The number of rotatable bonds is 4. The summed E-state index contributed by atoms with van der Waals surface area (Å²) >= 11 is 3.45. The van der Waals surface area contributed by atoms with Crippen LogP contribution in [0.25, 0.3) is 0 Å². The molecule has 1 unspecified atom stereocenters. The number of amides is 1. The van der Waals surface area contributed by atoms with Gasteiger partial charge >= 0.3 is 0 Å². The monoisotopic (exact) mass is 323 g/mol. The van der Waals surface area contributed by atoms with Gasteiger partial charge in [0.05, 0.1) is 0 Å². The maximum absolute atomic E-state index is 12.3. The fraction of sp³-hybridized carbons (Fsp3) is 0.562. The summed E-state index contributed by atoms with van der Waals surface area (Å²) in [5, 5.41) is 3.95. The minimum Gasteiger partial charge on any atom is -0.352 e. The Morgan fingerprint density at radius 3 is 2.79 bits per heavy atom. The minimum atomic E-state index is 0.155. The largest absolute Gasteiger partial charge is 0.352 e. The average Bonchev–Trinajstić information content (AvgIpc) is 2.76. The van der Waals surface area contributed by atoms with Gasteiger partial charge in [-0.15, -0.1) is 0 Å². The maximum Gasteiger partial charge on any atom is 0.223 e. The highest BCUT2D eigenvalue weighted by molar-refractivity contribution is 9.08. The lowest BCUT2D eigenvalue weighted by molar-refractivity contribution is -0.127. The number of hydrogen-bond donors (Lipinski definition) is 1. The molecule has 19 heavy (non-hydrogen) atoms. The fourth-order valence-corrected chi connectivity index (χ4v) is 3.30. The van der Waals surface area contributed by atoms with Crippen molar-refractivity contribution < 1.29 is 4.79 Å². The second-order valence-electron chi connectivity index (χ2n) is 6.10. The third-order valence-electron chi connectivity index (χ3n) is 4.19. The van der Waals surface area contributed by atoms with E-state index in [4.69, 9.17) is 0 Å². The first kappa shape index (κ1) is 14.6. The first-order valence-corrected chi connectivity index (χ1v) is 8.06. The van der Waals surface area contributed by atoms with Gasteiger partial charge in [-0.1, -0.05) is 60.5 Å². The van der Waals surface area contributed by atoms with E-state index in [1.165, 1.54) is 17.5 Å². The minimum absolute atomic E-state index is 0.155. The molecule has 0 radical (unpaired) electrons. The molecule has 1 N–H and O–H groups in total. The van der Waals surface area contributed by atoms with Gasteiger partial charge < -0.3 is 5.32 Å². The SMILES string of the molecule is CC1(C)CCCC1C(=O)NCc1cccc(CBr)c1. The molecule has 2 nitrogen and oxygen atoms in total. The molecule has 1 aromatic rings. The van der Waals surface area contributed by atoms with E-state index >= 15 is 0 Å². The second kappa shape index (κ2) is 6.08. The number of benzene rings is 1. The maximum atomic E-state index is 12.3. The van der Waals surface area contributed by atoms with Crippen LogP contribution in [0.15, 0.2) is 24.3 Å². The molecule has 1 aliphatic carbocycles. The van der Waals surface area contributed by atoms with Crippen molar-refractivity contribution in [1.29, 1.82) is 0 Å². The molecule has 1 aliphatic rings. The van der Waals surface area contributed by atoms with E-state index in [-0.39, 0.29) is 17.2 Å². The van der Waals surface area contributed by atoms with E-state index in [1.54, 1.807) is 0 Å². The molecule has 1 aromatic carbocycles. The van der Waals surface area contributed by atoms with Crippen LogP contribution in [0, 0.1) is 11.3 Å². The van der Waals surface area contributed by atoms with Gasteiger partial charge in [0.1, 0.15) is 0 Å². The van der Waals surface area contributed by atoms with Gasteiger partial charge in [-0.3, -0.25) is 4.79 Å². The molecule has 0 heterocycles. The normalized spacial score (nSPS) is 21.3. The first-order valence-electron chi connectivity index (χ1n) is 6.94. The third kappa shape index (κ3) is 3.59. The van der Waals surface area contributed by atoms with Crippen molar-refractivity contribution in [2.24, 2.45) is 11.3 Å². The summed E-state index contributed by atoms with van der Waals surface area (Å²) in [7, 11) is 0. The molecular weight excluding hydrogens is 302 g/mol. The Bertz CT molecular complexity index is 456. The van der Waals surface area contributed by atoms with Crippen molar-refractivity contribution >= 4 is 21.8 Å². The Kier molecular flexibility index (Phi) is 4.67. The van der Waals surface area contributed by atoms with Gasteiger partial charge in [-0.2, -0.15) is 0 Å². The zero-order valence-electron chi connectivity index (χ0n) is 11.7. The molecule has 1 atom stereocenters. The number of halogens is 1. The Labute approximate surface area is 124 Å². The molecular formula is C16H22BrNO. The number of carbonyl (C=O) groups is 1. The molecule has 1 saturated carbocycles. The predicted molar refractivity (Wildman–Crippen MR) is 82.0 cm³/mol. The van der Waals surface area contributed by atoms with Crippen molar-refractivity contribution in [2.45, 2.75) is 45.0 Å². The molecule has 0 spiro atoms. The summed E-state index contributed by atoms with van der Waals surface area (Å²) in [5.74, 6) is 0.388. The standard InChI is InChI=1S/C16H22BrNO/c1-16(2)8-4-7-14(16)15(19)18-11-13-6-3-5-12(9-13)10-17/h3,5-6,9,14H,4,7-8,10-11H2,1-2H3,(H,18,19). The number of carbonyl (C=O) groups excluding carboxylic acids is 1. The molecule has 104 valence electrons. The van der Waals surface area contributed by atoms with Gasteiger partial charge in [0.15, 0.2) is 0 Å². The molecule has 0 aliphatic heterocycles. The van der Waals surface area contributed by atoms with Crippen LogP contribution in [-0.4, -0.2) is 5.91 Å². The van der Waals surface area contributed by atoms with Crippen molar-refractivity contribution in [3.8, 4) is 0 Å². The molecule has 0 aromatic heterocycles. The van der Waals surface area contributed by atoms with E-state index < -0.39 is 0 Å². The topological polar surface area (TPSA) is 29.1 Å². The summed E-state index contributed by atoms with van der Waals surface area (Å²) in [6.45, 7) is 5.04. The Balaban J connectivity index is 1.93. The molecule has 1 amide bonds. The van der Waals surface area contributed by atoms with Crippen LogP contribution in [0.4, 0.5) is 0 Å². The van der Waals surface area contributed by atoms with Crippen molar-refractivity contribution in [2.75, 3.05) is 0 Å². The highest BCUT2D eigenvalue weighted by atomic mass is 79.9. The van der Waals surface area contributed by atoms with E-state index in [0.717, 1.165) is 18.2 Å². The van der Waals surface area contributed by atoms with Crippen LogP contribution in [0.3, 0.4) is 0 Å². The molecule has 2 rings (SSSR count). The van der Waals surface area contributed by atoms with E-state index in [1.807, 2.05) is 6.07 Å². The summed E-state index contributed by atoms with van der Waals surface area (Å²) in [6.07, 6.45) is 3.36. The zero-order chi connectivity index (χ0) is 13.9. The molecule has 1 fully saturated rings. The summed E-state index contributed by atoms with van der Waals surface area (Å²) in [6, 6.07) is 8.32. The van der Waals surface area contributed by atoms with Crippen LogP contribution in [0.1, 0.15) is 44.2 Å². The van der Waals surface area contributed by atoms with Gasteiger partial charge in [0, 0.05) is 17.8 Å². The van der Waals surface area contributed by atoms with Crippen LogP contribution < -0.4 is 5.32 Å². The van der Waals surface area contributed by atoms with Gasteiger partial charge in [0.2, 0.25) is 5.91 Å². The van der Waals surface area contributed by atoms with Gasteiger partial charge in [0.25, 0.3) is 0 Å². The molecule has 0 saturated heterocycles. The molecule has 0 bridgehead atoms. The van der Waals surface area contributed by atoms with E-state index in [2.05, 4.69) is 53.3 Å². The van der Waals surface area contributed by atoms with Crippen LogP contribution in [0.2, 0.25) is 0 Å². The highest BCUT2D eigenvalue weighted by Gasteiger charge is 2.38. The van der Waals surface area contributed by atoms with Crippen molar-refractivity contribution in [3.63, 3.8) is 0 Å². The quantitative estimate of drug-likeness (QED) is 0.833. The highest BCUT2D eigenvalue weighted by Crippen LogP contribution is 2.42. The lowest BCUT2D eigenvalue weighted by Crippen LogP contribution is -2.35. The van der Waals surface area contributed by atoms with Crippen LogP contribution in [-0.2, 0) is 16.7 Å². The van der Waals surface area contributed by atoms with Crippen LogP contribution >= 0.6 is 15.9 Å². The first-order chi connectivity index (χ1) is 9.03. The lowest BCUT2D eigenvalue weighted by atomic mass is 9.81. The fourth-order valence-electron chi connectivity index (χ4n) is 2.95. The Morgan fingerprint density at radius 1 is 1.42 bits per heavy atom. The number of alkyl halides is 1. The van der Waals surface area contributed by atoms with Crippen molar-refractivity contribution in [1.82, 2.24) is 5.32 Å². The van der Waals surface area contributed by atoms with Crippen LogP contribution in [0.5, 0.6) is 0 Å². The Hall–Kier alpha value is -0.830. The summed E-state index contributed by atoms with van der Waals surface area (Å²) < 4.78 is 0. The second-order valence-corrected chi connectivity index (χ2v) is 6.67. The molecule has 3 heteroatoms. The van der Waals surface area contributed by atoms with Crippen molar-refractivity contribution in [3.05, 3.63) is 35.4 Å². The van der Waals surface area contributed by atoms with E-state index in [9.17, 15) is 4.79 Å². The van der Waals surface area contributed by atoms with Gasteiger partial charge in [-0.05, 0) is 29.4 Å². The summed E-state index contributed by atoms with van der Waals surface area (Å²) in [5.41, 5.74) is 2.57. The van der Waals surface area contributed by atoms with E-state index in [0.29, 0.717) is 6.54 Å². The van der Waals surface area contributed by atoms with Gasteiger partial charge in [-0.25, -0.2) is 0 Å². The number of hydrogen-bond acceptors (Lipinski definition) is 1. The summed E-state index contributed by atoms with van der Waals surface area (Å²) in [4.78, 5) is 12.3. The average molecular weight is 324 g/mol. The Morgan fingerprint density at radius 2 is 2.16 bits per heavy atom. The lowest BCUT2D eigenvalue weighted by Gasteiger charge is -2.25. The number of nitrogens with one attached hydrogen (secondary N) is 1.